The van der Waals surface area contributed by atoms with Gasteiger partial charge in [-0.2, -0.15) is 4.31 Å². The molecule has 0 spiro atoms. The molecule has 1 fully saturated rings. The van der Waals surface area contributed by atoms with Crippen molar-refractivity contribution >= 4 is 10.0 Å². The second kappa shape index (κ2) is 7.47. The minimum atomic E-state index is -3.48. The van der Waals surface area contributed by atoms with E-state index < -0.39 is 10.0 Å². The van der Waals surface area contributed by atoms with Gasteiger partial charge in [-0.3, -0.25) is 4.90 Å². The van der Waals surface area contributed by atoms with Gasteiger partial charge in [0.1, 0.15) is 5.82 Å². The Morgan fingerprint density at radius 3 is 2.00 bits per heavy atom. The van der Waals surface area contributed by atoms with E-state index in [0.29, 0.717) is 37.6 Å². The van der Waals surface area contributed by atoms with Gasteiger partial charge in [0, 0.05) is 32.7 Å². The number of aryl methyl sites for hydroxylation is 3. The Bertz CT molecular complexity index is 864. The molecule has 0 N–H and O–H groups in total. The first-order valence-corrected chi connectivity index (χ1v) is 10.3. The predicted molar refractivity (Wildman–Crippen MR) is 101 cm³/mol. The lowest BCUT2D eigenvalue weighted by Crippen LogP contribution is -2.48. The Hall–Kier alpha value is -1.76. The maximum atomic E-state index is 13.1. The third-order valence-corrected chi connectivity index (χ3v) is 7.06. The Morgan fingerprint density at radius 1 is 0.923 bits per heavy atom. The molecule has 2 aromatic carbocycles. The van der Waals surface area contributed by atoms with Crippen molar-refractivity contribution in [1.29, 1.82) is 0 Å². The average Bonchev–Trinajstić information content (AvgIpc) is 2.56. The summed E-state index contributed by atoms with van der Waals surface area (Å²) in [4.78, 5) is 2.64. The molecular weight excluding hydrogens is 351 g/mol. The molecule has 0 aliphatic carbocycles. The van der Waals surface area contributed by atoms with E-state index in [2.05, 4.69) is 4.90 Å². The molecule has 1 heterocycles. The highest BCUT2D eigenvalue weighted by Crippen LogP contribution is 2.26. The fourth-order valence-corrected chi connectivity index (χ4v) is 5.51. The van der Waals surface area contributed by atoms with E-state index in [9.17, 15) is 12.8 Å². The number of halogens is 1. The highest BCUT2D eigenvalue weighted by Gasteiger charge is 2.30. The summed E-state index contributed by atoms with van der Waals surface area (Å²) in [5.74, 6) is -0.242. The van der Waals surface area contributed by atoms with Crippen LogP contribution in [0.4, 0.5) is 4.39 Å². The van der Waals surface area contributed by atoms with Crippen molar-refractivity contribution in [2.45, 2.75) is 32.2 Å². The summed E-state index contributed by atoms with van der Waals surface area (Å²) in [6.45, 7) is 8.67. The van der Waals surface area contributed by atoms with Crippen molar-refractivity contribution in [2.75, 3.05) is 26.2 Å². The topological polar surface area (TPSA) is 40.6 Å². The summed E-state index contributed by atoms with van der Waals surface area (Å²) in [6.07, 6.45) is 0. The summed E-state index contributed by atoms with van der Waals surface area (Å²) in [7, 11) is -3.48. The molecule has 3 rings (SSSR count). The van der Waals surface area contributed by atoms with E-state index in [1.165, 1.54) is 12.1 Å². The van der Waals surface area contributed by atoms with Crippen molar-refractivity contribution < 1.29 is 12.8 Å². The largest absolute Gasteiger partial charge is 0.296 e. The van der Waals surface area contributed by atoms with E-state index in [1.807, 2.05) is 32.9 Å². The maximum Gasteiger partial charge on any atom is 0.243 e. The molecule has 0 unspecified atom stereocenters. The SMILES string of the molecule is Cc1cc(C)c(S(=O)(=O)N2CCN(Cc3ccc(F)cc3)CC2)c(C)c1. The Balaban J connectivity index is 1.70. The molecule has 4 nitrogen and oxygen atoms in total. The van der Waals surface area contributed by atoms with Crippen LogP contribution >= 0.6 is 0 Å². The first kappa shape index (κ1) is 19.0. The van der Waals surface area contributed by atoms with Gasteiger partial charge in [0.15, 0.2) is 0 Å². The summed E-state index contributed by atoms with van der Waals surface area (Å²) in [6, 6.07) is 10.3. The lowest BCUT2D eigenvalue weighted by Gasteiger charge is -2.34. The van der Waals surface area contributed by atoms with Gasteiger partial charge in [-0.05, 0) is 49.6 Å². The molecule has 0 bridgehead atoms. The van der Waals surface area contributed by atoms with Gasteiger partial charge in [-0.15, -0.1) is 0 Å². The van der Waals surface area contributed by atoms with Gasteiger partial charge in [-0.25, -0.2) is 12.8 Å². The smallest absolute Gasteiger partial charge is 0.243 e. The van der Waals surface area contributed by atoms with Crippen molar-refractivity contribution in [3.8, 4) is 0 Å². The summed E-state index contributed by atoms with van der Waals surface area (Å²) in [5.41, 5.74) is 3.71. The molecule has 0 saturated carbocycles. The number of sulfonamides is 1. The van der Waals surface area contributed by atoms with Gasteiger partial charge in [-0.1, -0.05) is 29.8 Å². The van der Waals surface area contributed by atoms with Crippen molar-refractivity contribution in [2.24, 2.45) is 0 Å². The molecule has 6 heteroatoms. The van der Waals surface area contributed by atoms with Gasteiger partial charge in [0.05, 0.1) is 4.90 Å². The minimum Gasteiger partial charge on any atom is -0.296 e. The molecule has 0 amide bonds. The van der Waals surface area contributed by atoms with E-state index in [4.69, 9.17) is 0 Å². The number of piperazine rings is 1. The Labute approximate surface area is 155 Å². The Morgan fingerprint density at radius 2 is 1.46 bits per heavy atom. The van der Waals surface area contributed by atoms with Crippen LogP contribution in [0.25, 0.3) is 0 Å². The van der Waals surface area contributed by atoms with Crippen LogP contribution in [0.2, 0.25) is 0 Å². The second-order valence-electron chi connectivity index (χ2n) is 7.03. The van der Waals surface area contributed by atoms with Crippen LogP contribution in [0.5, 0.6) is 0 Å². The number of hydrogen-bond donors (Lipinski definition) is 0. The van der Waals surface area contributed by atoms with Crippen LogP contribution in [0.3, 0.4) is 0 Å². The van der Waals surface area contributed by atoms with Crippen LogP contribution in [0.15, 0.2) is 41.3 Å². The zero-order valence-electron chi connectivity index (χ0n) is 15.5. The monoisotopic (exact) mass is 376 g/mol. The number of nitrogens with zero attached hydrogens (tertiary/aromatic N) is 2. The normalized spacial score (nSPS) is 16.8. The molecule has 0 radical (unpaired) electrons. The van der Waals surface area contributed by atoms with Crippen LogP contribution in [-0.4, -0.2) is 43.8 Å². The molecule has 0 atom stereocenters. The first-order valence-electron chi connectivity index (χ1n) is 8.82. The van der Waals surface area contributed by atoms with Crippen molar-refractivity contribution in [3.05, 3.63) is 64.5 Å². The molecule has 1 aliphatic rings. The standard InChI is InChI=1S/C20H25FN2O2S/c1-15-12-16(2)20(17(3)13-15)26(24,25)23-10-8-22(9-11-23)14-18-4-6-19(21)7-5-18/h4-7,12-13H,8-11,14H2,1-3H3. The van der Waals surface area contributed by atoms with E-state index in [-0.39, 0.29) is 5.82 Å². The fourth-order valence-electron chi connectivity index (χ4n) is 3.68. The lowest BCUT2D eigenvalue weighted by molar-refractivity contribution is 0.181. The van der Waals surface area contributed by atoms with Crippen LogP contribution < -0.4 is 0 Å². The maximum absolute atomic E-state index is 13.1. The fraction of sp³-hybridized carbons (Fsp3) is 0.400. The van der Waals surface area contributed by atoms with Crippen LogP contribution in [-0.2, 0) is 16.6 Å². The summed E-state index contributed by atoms with van der Waals surface area (Å²) < 4.78 is 40.8. The van der Waals surface area contributed by atoms with E-state index in [0.717, 1.165) is 22.3 Å². The second-order valence-corrected chi connectivity index (χ2v) is 8.91. The van der Waals surface area contributed by atoms with Crippen LogP contribution in [0.1, 0.15) is 22.3 Å². The molecular formula is C20H25FN2O2S. The lowest BCUT2D eigenvalue weighted by atomic mass is 10.1. The molecule has 1 saturated heterocycles. The quantitative estimate of drug-likeness (QED) is 0.822. The summed E-state index contributed by atoms with van der Waals surface area (Å²) in [5, 5.41) is 0. The summed E-state index contributed by atoms with van der Waals surface area (Å²) >= 11 is 0. The number of hydrogen-bond acceptors (Lipinski definition) is 3. The van der Waals surface area contributed by atoms with Crippen molar-refractivity contribution in [3.63, 3.8) is 0 Å². The van der Waals surface area contributed by atoms with Gasteiger partial charge >= 0.3 is 0 Å². The molecule has 140 valence electrons. The van der Waals surface area contributed by atoms with Crippen LogP contribution in [0, 0.1) is 26.6 Å². The predicted octanol–water partition coefficient (Wildman–Crippen LogP) is 3.26. The Kier molecular flexibility index (Phi) is 5.46. The highest BCUT2D eigenvalue weighted by molar-refractivity contribution is 7.89. The van der Waals surface area contributed by atoms with Crippen molar-refractivity contribution in [1.82, 2.24) is 9.21 Å². The molecule has 2 aromatic rings. The molecule has 0 aromatic heterocycles. The van der Waals surface area contributed by atoms with Gasteiger partial charge < -0.3 is 0 Å². The zero-order valence-corrected chi connectivity index (χ0v) is 16.3. The number of rotatable bonds is 4. The first-order chi connectivity index (χ1) is 12.3. The average molecular weight is 376 g/mol. The molecule has 26 heavy (non-hydrogen) atoms. The minimum absolute atomic E-state index is 0.242. The highest BCUT2D eigenvalue weighted by atomic mass is 32.2. The van der Waals surface area contributed by atoms with Gasteiger partial charge in [0.25, 0.3) is 0 Å². The van der Waals surface area contributed by atoms with Gasteiger partial charge in [0.2, 0.25) is 10.0 Å². The molecule has 1 aliphatic heterocycles. The third-order valence-electron chi connectivity index (χ3n) is 4.85. The zero-order chi connectivity index (χ0) is 18.9. The number of benzene rings is 2. The van der Waals surface area contributed by atoms with E-state index >= 15 is 0 Å². The third kappa shape index (κ3) is 3.98. The van der Waals surface area contributed by atoms with E-state index in [1.54, 1.807) is 16.4 Å².